The Morgan fingerprint density at radius 1 is 1.11 bits per heavy atom. The number of hydrogen-bond acceptors (Lipinski definition) is 4. The fraction of sp³-hybridized carbons (Fsp3) is 0.286. The van der Waals surface area contributed by atoms with Crippen molar-refractivity contribution in [2.45, 2.75) is 31.8 Å². The Bertz CT molecular complexity index is 856. The predicted molar refractivity (Wildman–Crippen MR) is 112 cm³/mol. The largest absolute Gasteiger partial charge is 0.345 e. The number of amides is 1. The number of para-hydroxylation sites is 1. The Kier molecular flexibility index (Phi) is 6.44. The Hall–Kier alpha value is -2.70. The summed E-state index contributed by atoms with van der Waals surface area (Å²) in [5, 5.41) is 11.0. The molecule has 1 aromatic heterocycles. The van der Waals surface area contributed by atoms with Crippen LogP contribution in [0.2, 0.25) is 0 Å². The van der Waals surface area contributed by atoms with E-state index in [1.807, 2.05) is 60.7 Å². The third kappa shape index (κ3) is 4.24. The third-order valence-electron chi connectivity index (χ3n) is 4.92. The maximum atomic E-state index is 12.8. The molecule has 0 saturated carbocycles. The van der Waals surface area contributed by atoms with Gasteiger partial charge in [-0.3, -0.25) is 4.79 Å². The zero-order chi connectivity index (χ0) is 18.6. The van der Waals surface area contributed by atoms with E-state index in [4.69, 9.17) is 0 Å². The van der Waals surface area contributed by atoms with Crippen molar-refractivity contribution in [2.24, 2.45) is 0 Å². The summed E-state index contributed by atoms with van der Waals surface area (Å²) in [6.07, 6.45) is 2.02. The highest BCUT2D eigenvalue weighted by Gasteiger charge is 2.25. The average molecular weight is 398 g/mol. The summed E-state index contributed by atoms with van der Waals surface area (Å²) in [5.41, 5.74) is 1.79. The van der Waals surface area contributed by atoms with Crippen molar-refractivity contribution >= 4 is 18.3 Å². The quantitative estimate of drug-likeness (QED) is 0.709. The highest BCUT2D eigenvalue weighted by Crippen LogP contribution is 2.21. The molecule has 0 bridgehead atoms. The maximum absolute atomic E-state index is 12.8. The molecule has 4 rings (SSSR count). The third-order valence-corrected chi connectivity index (χ3v) is 4.92. The highest BCUT2D eigenvalue weighted by molar-refractivity contribution is 5.91. The van der Waals surface area contributed by atoms with E-state index < -0.39 is 0 Å². The molecule has 2 atom stereocenters. The first-order chi connectivity index (χ1) is 13.2. The van der Waals surface area contributed by atoms with Crippen LogP contribution in [0.1, 0.15) is 30.4 Å². The minimum Gasteiger partial charge on any atom is -0.345 e. The van der Waals surface area contributed by atoms with E-state index in [1.54, 1.807) is 4.68 Å². The molecule has 7 heteroatoms. The molecule has 1 aliphatic heterocycles. The normalized spacial score (nSPS) is 18.9. The van der Waals surface area contributed by atoms with Crippen LogP contribution >= 0.6 is 12.4 Å². The van der Waals surface area contributed by atoms with Crippen molar-refractivity contribution in [3.63, 3.8) is 0 Å². The number of nitrogens with one attached hydrogen (secondary N) is 2. The second-order valence-corrected chi connectivity index (χ2v) is 6.84. The summed E-state index contributed by atoms with van der Waals surface area (Å²) in [5.74, 6) is 0.611. The first-order valence-electron chi connectivity index (χ1n) is 9.34. The number of piperidine rings is 1. The molecule has 1 fully saturated rings. The molecule has 2 heterocycles. The highest BCUT2D eigenvalue weighted by atomic mass is 35.5. The van der Waals surface area contributed by atoms with Gasteiger partial charge in [0.15, 0.2) is 5.82 Å². The maximum Gasteiger partial charge on any atom is 0.291 e. The van der Waals surface area contributed by atoms with Gasteiger partial charge in [-0.05, 0) is 38.4 Å². The second kappa shape index (κ2) is 8.99. The molecule has 1 saturated heterocycles. The van der Waals surface area contributed by atoms with Gasteiger partial charge in [-0.1, -0.05) is 48.5 Å². The molecular formula is C21H24ClN5O. The molecule has 1 aliphatic rings. The lowest BCUT2D eigenvalue weighted by Gasteiger charge is -2.30. The second-order valence-electron chi connectivity index (χ2n) is 6.84. The minimum atomic E-state index is -0.234. The summed E-state index contributed by atoms with van der Waals surface area (Å²) >= 11 is 0. The number of benzene rings is 2. The average Bonchev–Trinajstić information content (AvgIpc) is 3.17. The number of aromatic nitrogens is 3. The van der Waals surface area contributed by atoms with Crippen LogP contribution < -0.4 is 10.6 Å². The van der Waals surface area contributed by atoms with Gasteiger partial charge in [0.1, 0.15) is 0 Å². The lowest BCUT2D eigenvalue weighted by atomic mass is 10.00. The molecule has 3 aromatic rings. The summed E-state index contributed by atoms with van der Waals surface area (Å²) in [4.78, 5) is 17.4. The molecule has 2 aromatic carbocycles. The van der Waals surface area contributed by atoms with Crippen LogP contribution in [0.3, 0.4) is 0 Å². The van der Waals surface area contributed by atoms with Crippen molar-refractivity contribution in [2.75, 3.05) is 6.54 Å². The van der Waals surface area contributed by atoms with Gasteiger partial charge < -0.3 is 10.6 Å². The van der Waals surface area contributed by atoms with Gasteiger partial charge in [0, 0.05) is 17.6 Å². The van der Waals surface area contributed by atoms with Gasteiger partial charge in [-0.2, -0.15) is 0 Å². The van der Waals surface area contributed by atoms with E-state index in [0.717, 1.165) is 30.6 Å². The van der Waals surface area contributed by atoms with Gasteiger partial charge in [-0.25, -0.2) is 9.67 Å². The van der Waals surface area contributed by atoms with Crippen LogP contribution in [-0.2, 0) is 0 Å². The van der Waals surface area contributed by atoms with Crippen molar-refractivity contribution in [3.8, 4) is 17.1 Å². The number of halogens is 1. The standard InChI is InChI=1S/C21H23N5O.ClH/c1-15-18(13-8-14-22-15)23-21(27)19-24-20(16-9-4-2-5-10-16)26(25-19)17-11-6-3-7-12-17;/h2-7,9-12,15,18,22H,8,13-14H2,1H3,(H,23,27);1H. The van der Waals surface area contributed by atoms with E-state index in [0.29, 0.717) is 5.82 Å². The molecular weight excluding hydrogens is 374 g/mol. The summed E-state index contributed by atoms with van der Waals surface area (Å²) in [7, 11) is 0. The van der Waals surface area contributed by atoms with Gasteiger partial charge in [0.25, 0.3) is 5.91 Å². The van der Waals surface area contributed by atoms with E-state index >= 15 is 0 Å². The van der Waals surface area contributed by atoms with Gasteiger partial charge in [-0.15, -0.1) is 17.5 Å². The zero-order valence-electron chi connectivity index (χ0n) is 15.7. The fourth-order valence-electron chi connectivity index (χ4n) is 3.41. The Morgan fingerprint density at radius 2 is 1.79 bits per heavy atom. The molecule has 0 aliphatic carbocycles. The van der Waals surface area contributed by atoms with Gasteiger partial charge in [0.2, 0.25) is 5.82 Å². The molecule has 0 radical (unpaired) electrons. The summed E-state index contributed by atoms with van der Waals surface area (Å²) in [6, 6.07) is 19.9. The van der Waals surface area contributed by atoms with Crippen molar-refractivity contribution in [3.05, 3.63) is 66.5 Å². The van der Waals surface area contributed by atoms with Crippen LogP contribution in [0.4, 0.5) is 0 Å². The van der Waals surface area contributed by atoms with Crippen LogP contribution in [0.5, 0.6) is 0 Å². The molecule has 28 heavy (non-hydrogen) atoms. The van der Waals surface area contributed by atoms with Crippen LogP contribution in [0, 0.1) is 0 Å². The topological polar surface area (TPSA) is 71.8 Å². The van der Waals surface area contributed by atoms with Crippen molar-refractivity contribution in [1.82, 2.24) is 25.4 Å². The lowest BCUT2D eigenvalue weighted by molar-refractivity contribution is 0.0909. The molecule has 146 valence electrons. The molecule has 6 nitrogen and oxygen atoms in total. The SMILES string of the molecule is CC1NCCCC1NC(=O)c1nc(-c2ccccc2)n(-c2ccccc2)n1.Cl. The Balaban J connectivity index is 0.00000225. The molecule has 2 unspecified atom stereocenters. The van der Waals surface area contributed by atoms with Gasteiger partial charge >= 0.3 is 0 Å². The first kappa shape index (κ1) is 20.0. The van der Waals surface area contributed by atoms with Gasteiger partial charge in [0.05, 0.1) is 5.69 Å². The Labute approximate surface area is 170 Å². The van der Waals surface area contributed by atoms with Crippen LogP contribution in [-0.4, -0.2) is 39.3 Å². The van der Waals surface area contributed by atoms with Crippen LogP contribution in [0.15, 0.2) is 60.7 Å². The predicted octanol–water partition coefficient (Wildman–Crippen LogP) is 3.23. The zero-order valence-corrected chi connectivity index (χ0v) is 16.5. The van der Waals surface area contributed by atoms with Crippen LogP contribution in [0.25, 0.3) is 17.1 Å². The summed E-state index contributed by atoms with van der Waals surface area (Å²) < 4.78 is 1.73. The minimum absolute atomic E-state index is 0. The van der Waals surface area contributed by atoms with E-state index in [1.165, 1.54) is 0 Å². The number of carbonyl (C=O) groups is 1. The van der Waals surface area contributed by atoms with E-state index in [9.17, 15) is 4.79 Å². The smallest absolute Gasteiger partial charge is 0.291 e. The number of carbonyl (C=O) groups excluding carboxylic acids is 1. The number of rotatable bonds is 4. The molecule has 0 spiro atoms. The fourth-order valence-corrected chi connectivity index (χ4v) is 3.41. The Morgan fingerprint density at radius 3 is 2.46 bits per heavy atom. The monoisotopic (exact) mass is 397 g/mol. The van der Waals surface area contributed by atoms with E-state index in [-0.39, 0.29) is 36.2 Å². The number of nitrogens with zero attached hydrogens (tertiary/aromatic N) is 3. The lowest BCUT2D eigenvalue weighted by Crippen LogP contribution is -2.52. The summed E-state index contributed by atoms with van der Waals surface area (Å²) in [6.45, 7) is 3.09. The van der Waals surface area contributed by atoms with E-state index in [2.05, 4.69) is 27.6 Å². The number of hydrogen-bond donors (Lipinski definition) is 2. The molecule has 1 amide bonds. The van der Waals surface area contributed by atoms with Crippen molar-refractivity contribution in [1.29, 1.82) is 0 Å². The van der Waals surface area contributed by atoms with Crippen molar-refractivity contribution < 1.29 is 4.79 Å². The molecule has 2 N–H and O–H groups in total. The first-order valence-corrected chi connectivity index (χ1v) is 9.34.